The molecular weight excluding hydrogens is 264 g/mol. The van der Waals surface area contributed by atoms with Gasteiger partial charge >= 0.3 is 0 Å². The van der Waals surface area contributed by atoms with Crippen LogP contribution in [-0.4, -0.2) is 24.1 Å². The first-order chi connectivity index (χ1) is 10.1. The van der Waals surface area contributed by atoms with Crippen molar-refractivity contribution >= 4 is 17.3 Å². The van der Waals surface area contributed by atoms with Gasteiger partial charge < -0.3 is 20.4 Å². The van der Waals surface area contributed by atoms with Crippen LogP contribution in [0.5, 0.6) is 0 Å². The van der Waals surface area contributed by atoms with Gasteiger partial charge in [0.2, 0.25) is 0 Å². The van der Waals surface area contributed by atoms with E-state index in [-0.39, 0.29) is 6.04 Å². The van der Waals surface area contributed by atoms with Crippen molar-refractivity contribution in [3.8, 4) is 0 Å². The highest BCUT2D eigenvalue weighted by molar-refractivity contribution is 5.73. The minimum Gasteiger partial charge on any atom is -0.449 e. The van der Waals surface area contributed by atoms with E-state index < -0.39 is 0 Å². The molecule has 2 aromatic rings. The highest BCUT2D eigenvalue weighted by Crippen LogP contribution is 2.31. The number of nitrogens with two attached hydrogens (primary N) is 1. The minimum atomic E-state index is 0.221. The lowest BCUT2D eigenvalue weighted by molar-refractivity contribution is 0.402. The molecule has 0 spiro atoms. The van der Waals surface area contributed by atoms with Crippen LogP contribution in [0.3, 0.4) is 0 Å². The van der Waals surface area contributed by atoms with Crippen LogP contribution in [0.2, 0.25) is 0 Å². The van der Waals surface area contributed by atoms with Gasteiger partial charge in [0.25, 0.3) is 0 Å². The number of pyridine rings is 1. The Balaban J connectivity index is 1.90. The Bertz CT molecular complexity index is 586. The molecule has 3 rings (SSSR count). The summed E-state index contributed by atoms with van der Waals surface area (Å²) in [5, 5.41) is 3.30. The Morgan fingerprint density at radius 2 is 2.29 bits per heavy atom. The van der Waals surface area contributed by atoms with Gasteiger partial charge in [-0.15, -0.1) is 0 Å². The Morgan fingerprint density at radius 3 is 3.00 bits per heavy atom. The van der Waals surface area contributed by atoms with Crippen molar-refractivity contribution in [2.45, 2.75) is 26.3 Å². The zero-order chi connectivity index (χ0) is 14.8. The van der Waals surface area contributed by atoms with E-state index in [1.54, 1.807) is 6.26 Å². The predicted molar refractivity (Wildman–Crippen MR) is 84.9 cm³/mol. The van der Waals surface area contributed by atoms with Crippen LogP contribution in [-0.2, 0) is 0 Å². The summed E-state index contributed by atoms with van der Waals surface area (Å²) >= 11 is 0. The van der Waals surface area contributed by atoms with Crippen LogP contribution in [0.1, 0.15) is 19.0 Å². The second kappa shape index (κ2) is 5.77. The van der Waals surface area contributed by atoms with Gasteiger partial charge in [-0.1, -0.05) is 6.92 Å². The van der Waals surface area contributed by atoms with E-state index in [2.05, 4.69) is 28.2 Å². The van der Waals surface area contributed by atoms with Gasteiger partial charge in [-0.2, -0.15) is 0 Å². The summed E-state index contributed by atoms with van der Waals surface area (Å²) in [4.78, 5) is 6.74. The number of furan rings is 1. The Hall–Kier alpha value is -2.01. The number of nitrogens with zero attached hydrogens (tertiary/aromatic N) is 2. The maximum Gasteiger partial charge on any atom is 0.197 e. The number of aryl methyl sites for hydroxylation is 1. The van der Waals surface area contributed by atoms with Gasteiger partial charge in [0.05, 0.1) is 23.8 Å². The highest BCUT2D eigenvalue weighted by Gasteiger charge is 2.24. The van der Waals surface area contributed by atoms with E-state index in [1.807, 2.05) is 25.3 Å². The zero-order valence-corrected chi connectivity index (χ0v) is 12.5. The van der Waals surface area contributed by atoms with Gasteiger partial charge in [-0.25, -0.2) is 0 Å². The fourth-order valence-electron chi connectivity index (χ4n) is 2.98. The molecule has 0 saturated carbocycles. The molecule has 1 fully saturated rings. The number of rotatable bonds is 3. The third-order valence-electron chi connectivity index (χ3n) is 3.83. The molecule has 1 saturated heterocycles. The molecule has 0 aromatic carbocycles. The molecule has 2 aromatic heterocycles. The van der Waals surface area contributed by atoms with E-state index in [9.17, 15) is 0 Å². The SMILES string of the molecule is Cc1cc(N2CC(C)CC(N)C2)c(Nc2ccco2)cn1. The number of nitrogens with one attached hydrogen (secondary N) is 1. The van der Waals surface area contributed by atoms with Crippen LogP contribution >= 0.6 is 0 Å². The van der Waals surface area contributed by atoms with E-state index >= 15 is 0 Å². The van der Waals surface area contributed by atoms with Crippen LogP contribution in [0.15, 0.2) is 35.1 Å². The van der Waals surface area contributed by atoms with Gasteiger partial charge in [0.15, 0.2) is 5.88 Å². The minimum absolute atomic E-state index is 0.221. The van der Waals surface area contributed by atoms with Crippen molar-refractivity contribution in [1.82, 2.24) is 4.98 Å². The molecule has 0 amide bonds. The average molecular weight is 286 g/mol. The van der Waals surface area contributed by atoms with Crippen molar-refractivity contribution in [3.63, 3.8) is 0 Å². The number of anilines is 3. The number of piperidine rings is 1. The van der Waals surface area contributed by atoms with E-state index in [0.29, 0.717) is 5.92 Å². The third-order valence-corrected chi connectivity index (χ3v) is 3.83. The van der Waals surface area contributed by atoms with Crippen molar-refractivity contribution in [2.75, 3.05) is 23.3 Å². The summed E-state index contributed by atoms with van der Waals surface area (Å²) in [6.45, 7) is 6.15. The molecule has 112 valence electrons. The van der Waals surface area contributed by atoms with Gasteiger partial charge in [0.1, 0.15) is 0 Å². The topological polar surface area (TPSA) is 67.3 Å². The van der Waals surface area contributed by atoms with Crippen LogP contribution in [0.4, 0.5) is 17.3 Å². The van der Waals surface area contributed by atoms with Crippen LogP contribution in [0, 0.1) is 12.8 Å². The lowest BCUT2D eigenvalue weighted by Crippen LogP contribution is -2.46. The molecule has 21 heavy (non-hydrogen) atoms. The summed E-state index contributed by atoms with van der Waals surface area (Å²) in [5.41, 5.74) is 9.28. The van der Waals surface area contributed by atoms with Gasteiger partial charge in [0, 0.05) is 30.9 Å². The molecule has 5 nitrogen and oxygen atoms in total. The predicted octanol–water partition coefficient (Wildman–Crippen LogP) is 2.90. The van der Waals surface area contributed by atoms with E-state index in [0.717, 1.165) is 42.5 Å². The third kappa shape index (κ3) is 3.19. The number of hydrogen-bond donors (Lipinski definition) is 2. The van der Waals surface area contributed by atoms with Crippen molar-refractivity contribution < 1.29 is 4.42 Å². The first kappa shape index (κ1) is 13.9. The number of aromatic nitrogens is 1. The normalized spacial score (nSPS) is 22.3. The molecule has 0 radical (unpaired) electrons. The molecule has 0 aliphatic carbocycles. The highest BCUT2D eigenvalue weighted by atomic mass is 16.3. The molecule has 2 atom stereocenters. The molecule has 5 heteroatoms. The molecule has 2 unspecified atom stereocenters. The maximum absolute atomic E-state index is 6.18. The zero-order valence-electron chi connectivity index (χ0n) is 12.5. The van der Waals surface area contributed by atoms with Crippen molar-refractivity contribution in [2.24, 2.45) is 11.7 Å². The molecule has 1 aliphatic heterocycles. The fourth-order valence-corrected chi connectivity index (χ4v) is 2.98. The Labute approximate surface area is 125 Å². The van der Waals surface area contributed by atoms with Gasteiger partial charge in [-0.3, -0.25) is 4.98 Å². The van der Waals surface area contributed by atoms with Gasteiger partial charge in [-0.05, 0) is 31.4 Å². The molecule has 3 heterocycles. The maximum atomic E-state index is 6.18. The first-order valence-electron chi connectivity index (χ1n) is 7.39. The Kier molecular flexibility index (Phi) is 3.84. The monoisotopic (exact) mass is 286 g/mol. The number of hydrogen-bond acceptors (Lipinski definition) is 5. The lowest BCUT2D eigenvalue weighted by atomic mass is 9.96. The second-order valence-corrected chi connectivity index (χ2v) is 5.95. The summed E-state index contributed by atoms with van der Waals surface area (Å²) in [6.07, 6.45) is 4.60. The molecule has 1 aliphatic rings. The van der Waals surface area contributed by atoms with E-state index in [4.69, 9.17) is 10.2 Å². The summed E-state index contributed by atoms with van der Waals surface area (Å²) < 4.78 is 5.37. The second-order valence-electron chi connectivity index (χ2n) is 5.95. The fraction of sp³-hybridized carbons (Fsp3) is 0.438. The summed E-state index contributed by atoms with van der Waals surface area (Å²) in [7, 11) is 0. The van der Waals surface area contributed by atoms with Crippen LogP contribution < -0.4 is 16.0 Å². The molecule has 3 N–H and O–H groups in total. The standard InChI is InChI=1S/C16H22N4O/c1-11-6-13(17)10-20(9-11)15-7-12(2)18-8-14(15)19-16-4-3-5-21-16/h3-5,7-8,11,13,19H,6,9-10,17H2,1-2H3. The lowest BCUT2D eigenvalue weighted by Gasteiger charge is -2.37. The molecular formula is C16H22N4O. The summed E-state index contributed by atoms with van der Waals surface area (Å²) in [6, 6.07) is 6.09. The summed E-state index contributed by atoms with van der Waals surface area (Å²) in [5.74, 6) is 1.31. The van der Waals surface area contributed by atoms with Crippen molar-refractivity contribution in [1.29, 1.82) is 0 Å². The smallest absolute Gasteiger partial charge is 0.197 e. The quantitative estimate of drug-likeness (QED) is 0.908. The Morgan fingerprint density at radius 1 is 1.43 bits per heavy atom. The first-order valence-corrected chi connectivity index (χ1v) is 7.39. The largest absolute Gasteiger partial charge is 0.449 e. The molecule has 0 bridgehead atoms. The average Bonchev–Trinajstić information content (AvgIpc) is 2.92. The van der Waals surface area contributed by atoms with Crippen molar-refractivity contribution in [3.05, 3.63) is 36.4 Å². The van der Waals surface area contributed by atoms with Crippen LogP contribution in [0.25, 0.3) is 0 Å². The van der Waals surface area contributed by atoms with E-state index in [1.165, 1.54) is 0 Å².